The fourth-order valence-electron chi connectivity index (χ4n) is 2.29. The molecule has 1 aromatic carbocycles. The molecule has 1 aliphatic heterocycles. The van der Waals surface area contributed by atoms with Gasteiger partial charge in [-0.2, -0.15) is 0 Å². The molecular weight excluding hydrogens is 252 g/mol. The highest BCUT2D eigenvalue weighted by Gasteiger charge is 2.24. The number of hydrogen-bond donors (Lipinski definition) is 2. The summed E-state index contributed by atoms with van der Waals surface area (Å²) in [5, 5.41) is 20.5. The van der Waals surface area contributed by atoms with Gasteiger partial charge in [0.25, 0.3) is 0 Å². The smallest absolute Gasteiger partial charge is 0.126 e. The highest BCUT2D eigenvalue weighted by atomic mass is 35.5. The number of aliphatic hydroxyl groups excluding tert-OH is 2. The zero-order valence-electron chi connectivity index (χ0n) is 10.7. The molecule has 0 aliphatic carbocycles. The lowest BCUT2D eigenvalue weighted by Gasteiger charge is -2.22. The molecule has 3 nitrogen and oxygen atoms in total. The second-order valence-corrected chi connectivity index (χ2v) is 5.59. The third-order valence-corrected chi connectivity index (χ3v) is 3.55. The molecule has 0 amide bonds. The maximum Gasteiger partial charge on any atom is 0.126 e. The molecule has 0 radical (unpaired) electrons. The SMILES string of the molecule is CC(C)C(O)C(O)Cc1cc(Cl)cc2c1OCC2. The third-order valence-electron chi connectivity index (χ3n) is 3.33. The van der Waals surface area contributed by atoms with E-state index in [1.807, 2.05) is 26.0 Å². The Kier molecular flexibility index (Phi) is 4.15. The summed E-state index contributed by atoms with van der Waals surface area (Å²) in [6.07, 6.45) is -0.314. The van der Waals surface area contributed by atoms with E-state index in [0.717, 1.165) is 23.3 Å². The number of rotatable bonds is 4. The highest BCUT2D eigenvalue weighted by Crippen LogP contribution is 2.34. The van der Waals surface area contributed by atoms with E-state index in [9.17, 15) is 10.2 Å². The van der Waals surface area contributed by atoms with Crippen LogP contribution in [0, 0.1) is 5.92 Å². The van der Waals surface area contributed by atoms with Crippen LogP contribution in [0.4, 0.5) is 0 Å². The standard InChI is InChI=1S/C14H19ClO3/c1-8(2)13(17)12(16)7-10-6-11(15)5-9-3-4-18-14(9)10/h5-6,8,12-13,16-17H,3-4,7H2,1-2H3. The molecule has 18 heavy (non-hydrogen) atoms. The van der Waals surface area contributed by atoms with E-state index in [2.05, 4.69) is 0 Å². The van der Waals surface area contributed by atoms with E-state index in [4.69, 9.17) is 16.3 Å². The normalized spacial score (nSPS) is 17.4. The molecule has 2 N–H and O–H groups in total. The molecule has 1 heterocycles. The molecule has 1 aromatic rings. The molecule has 4 heteroatoms. The fraction of sp³-hybridized carbons (Fsp3) is 0.571. The molecule has 1 aliphatic rings. The first-order valence-electron chi connectivity index (χ1n) is 6.29. The van der Waals surface area contributed by atoms with Gasteiger partial charge in [0.2, 0.25) is 0 Å². The number of aliphatic hydroxyl groups is 2. The van der Waals surface area contributed by atoms with Crippen molar-refractivity contribution in [1.29, 1.82) is 0 Å². The van der Waals surface area contributed by atoms with Crippen LogP contribution in [0.1, 0.15) is 25.0 Å². The van der Waals surface area contributed by atoms with E-state index >= 15 is 0 Å². The van der Waals surface area contributed by atoms with Crippen LogP contribution in [0.5, 0.6) is 5.75 Å². The van der Waals surface area contributed by atoms with Crippen molar-refractivity contribution >= 4 is 11.6 Å². The second-order valence-electron chi connectivity index (χ2n) is 5.16. The Bertz CT molecular complexity index is 431. The molecule has 0 aromatic heterocycles. The molecule has 2 rings (SSSR count). The fourth-order valence-corrected chi connectivity index (χ4v) is 2.55. The Morgan fingerprint density at radius 2 is 2.06 bits per heavy atom. The average Bonchev–Trinajstić information content (AvgIpc) is 2.75. The Morgan fingerprint density at radius 3 is 2.72 bits per heavy atom. The van der Waals surface area contributed by atoms with E-state index in [0.29, 0.717) is 18.1 Å². The monoisotopic (exact) mass is 270 g/mol. The molecule has 0 bridgehead atoms. The van der Waals surface area contributed by atoms with Gasteiger partial charge in [0.15, 0.2) is 0 Å². The van der Waals surface area contributed by atoms with Gasteiger partial charge in [-0.25, -0.2) is 0 Å². The Balaban J connectivity index is 2.19. The maximum atomic E-state index is 10.0. The van der Waals surface area contributed by atoms with Crippen LogP contribution >= 0.6 is 11.6 Å². The van der Waals surface area contributed by atoms with Gasteiger partial charge in [0.1, 0.15) is 5.75 Å². The van der Waals surface area contributed by atoms with Crippen molar-refractivity contribution in [3.8, 4) is 5.75 Å². The molecule has 0 spiro atoms. The predicted molar refractivity (Wildman–Crippen MR) is 71.2 cm³/mol. The van der Waals surface area contributed by atoms with Gasteiger partial charge in [0.05, 0.1) is 18.8 Å². The molecule has 2 atom stereocenters. The van der Waals surface area contributed by atoms with Gasteiger partial charge in [0, 0.05) is 17.9 Å². The largest absolute Gasteiger partial charge is 0.493 e. The Hall–Kier alpha value is -0.770. The minimum atomic E-state index is -0.795. The minimum Gasteiger partial charge on any atom is -0.493 e. The van der Waals surface area contributed by atoms with Crippen LogP contribution < -0.4 is 4.74 Å². The lowest BCUT2D eigenvalue weighted by atomic mass is 9.95. The number of ether oxygens (including phenoxy) is 1. The first-order valence-corrected chi connectivity index (χ1v) is 6.67. The van der Waals surface area contributed by atoms with Crippen LogP contribution in [0.3, 0.4) is 0 Å². The summed E-state index contributed by atoms with van der Waals surface area (Å²) in [5.41, 5.74) is 1.96. The van der Waals surface area contributed by atoms with E-state index in [1.54, 1.807) is 0 Å². The summed E-state index contributed by atoms with van der Waals surface area (Å²) < 4.78 is 5.57. The highest BCUT2D eigenvalue weighted by molar-refractivity contribution is 6.30. The number of benzene rings is 1. The van der Waals surface area contributed by atoms with Crippen molar-refractivity contribution in [1.82, 2.24) is 0 Å². The van der Waals surface area contributed by atoms with Gasteiger partial charge in [-0.05, 0) is 29.2 Å². The molecule has 0 saturated carbocycles. The summed E-state index contributed by atoms with van der Waals surface area (Å²) in [4.78, 5) is 0. The summed E-state index contributed by atoms with van der Waals surface area (Å²) >= 11 is 6.05. The number of halogens is 1. The van der Waals surface area contributed by atoms with E-state index in [1.165, 1.54) is 0 Å². The van der Waals surface area contributed by atoms with Gasteiger partial charge >= 0.3 is 0 Å². The Morgan fingerprint density at radius 1 is 1.33 bits per heavy atom. The van der Waals surface area contributed by atoms with Gasteiger partial charge in [-0.3, -0.25) is 0 Å². The lowest BCUT2D eigenvalue weighted by molar-refractivity contribution is -0.00754. The van der Waals surface area contributed by atoms with Crippen LogP contribution in [-0.4, -0.2) is 29.0 Å². The van der Waals surface area contributed by atoms with Crippen molar-refractivity contribution in [2.24, 2.45) is 5.92 Å². The molecule has 100 valence electrons. The van der Waals surface area contributed by atoms with E-state index < -0.39 is 12.2 Å². The van der Waals surface area contributed by atoms with E-state index in [-0.39, 0.29) is 5.92 Å². The van der Waals surface area contributed by atoms with Crippen molar-refractivity contribution < 1.29 is 14.9 Å². The third kappa shape index (κ3) is 2.79. The summed E-state index contributed by atoms with van der Waals surface area (Å²) in [6.45, 7) is 4.42. The van der Waals surface area contributed by atoms with Gasteiger partial charge in [-0.15, -0.1) is 0 Å². The maximum absolute atomic E-state index is 10.0. The van der Waals surface area contributed by atoms with Crippen molar-refractivity contribution in [3.05, 3.63) is 28.3 Å². The quantitative estimate of drug-likeness (QED) is 0.882. The number of fused-ring (bicyclic) bond motifs is 1. The average molecular weight is 271 g/mol. The van der Waals surface area contributed by atoms with Gasteiger partial charge in [-0.1, -0.05) is 25.4 Å². The predicted octanol–water partition coefficient (Wildman–Crippen LogP) is 2.20. The first-order chi connectivity index (χ1) is 8.49. The van der Waals surface area contributed by atoms with Crippen molar-refractivity contribution in [2.75, 3.05) is 6.61 Å². The van der Waals surface area contributed by atoms with Crippen LogP contribution in [0.25, 0.3) is 0 Å². The molecular formula is C14H19ClO3. The lowest BCUT2D eigenvalue weighted by Crippen LogP contribution is -2.32. The summed E-state index contributed by atoms with van der Waals surface area (Å²) in [6, 6.07) is 3.71. The van der Waals surface area contributed by atoms with Crippen LogP contribution in [0.15, 0.2) is 12.1 Å². The topological polar surface area (TPSA) is 49.7 Å². The van der Waals surface area contributed by atoms with Crippen molar-refractivity contribution in [3.63, 3.8) is 0 Å². The molecule has 2 unspecified atom stereocenters. The Labute approximate surface area is 112 Å². The molecule has 0 fully saturated rings. The first kappa shape index (κ1) is 13.7. The zero-order chi connectivity index (χ0) is 13.3. The van der Waals surface area contributed by atoms with Crippen LogP contribution in [-0.2, 0) is 12.8 Å². The molecule has 0 saturated heterocycles. The minimum absolute atomic E-state index is 0.0214. The van der Waals surface area contributed by atoms with Crippen molar-refractivity contribution in [2.45, 2.75) is 38.9 Å². The number of hydrogen-bond acceptors (Lipinski definition) is 3. The summed E-state index contributed by atoms with van der Waals surface area (Å²) in [5.74, 6) is 0.850. The summed E-state index contributed by atoms with van der Waals surface area (Å²) in [7, 11) is 0. The van der Waals surface area contributed by atoms with Crippen LogP contribution in [0.2, 0.25) is 5.02 Å². The van der Waals surface area contributed by atoms with Gasteiger partial charge < -0.3 is 14.9 Å². The zero-order valence-corrected chi connectivity index (χ0v) is 11.4. The second kappa shape index (κ2) is 5.47.